The van der Waals surface area contributed by atoms with Crippen molar-refractivity contribution < 1.29 is 18.0 Å². The lowest BCUT2D eigenvalue weighted by Crippen LogP contribution is -2.55. The van der Waals surface area contributed by atoms with Crippen LogP contribution in [0.5, 0.6) is 0 Å². The number of nitrogens with one attached hydrogen (secondary N) is 2. The molecule has 2 atom stereocenters. The van der Waals surface area contributed by atoms with Crippen LogP contribution >= 0.6 is 11.6 Å². The second-order valence-electron chi connectivity index (χ2n) is 9.85. The van der Waals surface area contributed by atoms with E-state index in [4.69, 9.17) is 16.0 Å². The quantitative estimate of drug-likeness (QED) is 0.360. The maximum atomic E-state index is 14.8. The van der Waals surface area contributed by atoms with Crippen LogP contribution in [0.3, 0.4) is 0 Å². The monoisotopic (exact) mass is 563 g/mol. The third-order valence-electron chi connectivity index (χ3n) is 6.74. The van der Waals surface area contributed by atoms with E-state index >= 15 is 0 Å². The van der Waals surface area contributed by atoms with Crippen molar-refractivity contribution in [2.45, 2.75) is 32.5 Å². The molecule has 1 fully saturated rings. The third-order valence-corrected chi connectivity index (χ3v) is 6.98. The Morgan fingerprint density at radius 2 is 1.82 bits per heavy atom. The van der Waals surface area contributed by atoms with Crippen LogP contribution in [-0.4, -0.2) is 56.6 Å². The van der Waals surface area contributed by atoms with E-state index in [2.05, 4.69) is 30.6 Å². The number of rotatable bonds is 4. The summed E-state index contributed by atoms with van der Waals surface area (Å²) in [6, 6.07) is 9.05. The number of carbonyl (C=O) groups excluding carboxylic acids is 1. The van der Waals surface area contributed by atoms with Crippen molar-refractivity contribution in [1.82, 2.24) is 25.2 Å². The fraction of sp³-hybridized carbons (Fsp3) is 0.250. The summed E-state index contributed by atoms with van der Waals surface area (Å²) in [7, 11) is 0. The average Bonchev–Trinajstić information content (AvgIpc) is 3.32. The highest BCUT2D eigenvalue weighted by atomic mass is 35.5. The maximum Gasteiger partial charge on any atom is 0.302 e. The molecule has 0 bridgehead atoms. The van der Waals surface area contributed by atoms with Crippen LogP contribution in [0, 0.1) is 11.6 Å². The molecule has 0 aliphatic carbocycles. The molecule has 2 aromatic heterocycles. The summed E-state index contributed by atoms with van der Waals surface area (Å²) in [5.41, 5.74) is 2.05. The number of hydrogen-bond donors (Lipinski definition) is 2. The summed E-state index contributed by atoms with van der Waals surface area (Å²) >= 11 is 6.29. The van der Waals surface area contributed by atoms with Crippen LogP contribution in [0.4, 0.5) is 20.7 Å². The van der Waals surface area contributed by atoms with Crippen molar-refractivity contribution in [3.63, 3.8) is 0 Å². The van der Waals surface area contributed by atoms with Crippen LogP contribution in [0.1, 0.15) is 41.1 Å². The molecule has 12 heteroatoms. The highest BCUT2D eigenvalue weighted by molar-refractivity contribution is 6.31. The molecular formula is C28H24ClF2N7O2. The first-order valence-electron chi connectivity index (χ1n) is 12.7. The van der Waals surface area contributed by atoms with Gasteiger partial charge in [-0.05, 0) is 38.1 Å². The fourth-order valence-corrected chi connectivity index (χ4v) is 5.27. The zero-order chi connectivity index (χ0) is 28.0. The number of carbonyl (C=O) groups is 1. The lowest BCUT2D eigenvalue weighted by atomic mass is 9.95. The summed E-state index contributed by atoms with van der Waals surface area (Å²) in [5.74, 6) is -1.46. The molecule has 1 amide bonds. The molecule has 1 saturated heterocycles. The number of hydrogen-bond acceptors (Lipinski definition) is 8. The van der Waals surface area contributed by atoms with Gasteiger partial charge in [0.15, 0.2) is 0 Å². The van der Waals surface area contributed by atoms with E-state index in [-0.39, 0.29) is 53.5 Å². The number of nitrogens with zero attached hydrogens (tertiary/aromatic N) is 5. The van der Waals surface area contributed by atoms with E-state index in [1.165, 1.54) is 24.4 Å². The lowest BCUT2D eigenvalue weighted by Gasteiger charge is -2.35. The van der Waals surface area contributed by atoms with Gasteiger partial charge in [0.05, 0.1) is 29.7 Å². The van der Waals surface area contributed by atoms with E-state index in [0.29, 0.717) is 40.5 Å². The van der Waals surface area contributed by atoms with Gasteiger partial charge in [-0.1, -0.05) is 23.7 Å². The SMILES string of the molecule is CC1CN(C(=O)c2cnc(Nc3ncc4c(n3)-c3ccc(Cl)cc3C(c3c(F)cccc3F)=NC4)o2)CC(C)N1. The third kappa shape index (κ3) is 4.93. The van der Waals surface area contributed by atoms with Crippen LogP contribution in [-0.2, 0) is 6.54 Å². The molecule has 0 radical (unpaired) electrons. The minimum Gasteiger partial charge on any atom is -0.418 e. The Morgan fingerprint density at radius 3 is 2.58 bits per heavy atom. The second kappa shape index (κ2) is 10.4. The smallest absolute Gasteiger partial charge is 0.302 e. The Labute approximate surface area is 233 Å². The Hall–Kier alpha value is -4.22. The number of oxazole rings is 1. The molecule has 2 unspecified atom stereocenters. The molecule has 2 aromatic carbocycles. The van der Waals surface area contributed by atoms with Gasteiger partial charge in [-0.25, -0.2) is 23.7 Å². The van der Waals surface area contributed by atoms with Gasteiger partial charge in [-0.2, -0.15) is 0 Å². The Bertz CT molecular complexity index is 1630. The van der Waals surface area contributed by atoms with Crippen molar-refractivity contribution >= 4 is 35.2 Å². The molecule has 0 spiro atoms. The molecule has 2 N–H and O–H groups in total. The average molecular weight is 564 g/mol. The summed E-state index contributed by atoms with van der Waals surface area (Å²) in [4.78, 5) is 32.4. The number of piperazine rings is 1. The zero-order valence-corrected chi connectivity index (χ0v) is 22.3. The van der Waals surface area contributed by atoms with Gasteiger partial charge in [0, 0.05) is 53.1 Å². The predicted molar refractivity (Wildman–Crippen MR) is 146 cm³/mol. The first kappa shape index (κ1) is 26.0. The van der Waals surface area contributed by atoms with E-state index in [9.17, 15) is 13.6 Å². The van der Waals surface area contributed by atoms with Gasteiger partial charge in [0.25, 0.3) is 5.91 Å². The van der Waals surface area contributed by atoms with Gasteiger partial charge in [-0.15, -0.1) is 0 Å². The van der Waals surface area contributed by atoms with Gasteiger partial charge in [0.1, 0.15) is 11.6 Å². The highest BCUT2D eigenvalue weighted by Gasteiger charge is 2.28. The normalized spacial score (nSPS) is 18.4. The number of anilines is 2. The number of aliphatic imine (C=N–C) groups is 1. The molecule has 6 rings (SSSR count). The first-order valence-corrected chi connectivity index (χ1v) is 13.1. The highest BCUT2D eigenvalue weighted by Crippen LogP contribution is 2.34. The molecule has 4 heterocycles. The molecule has 9 nitrogen and oxygen atoms in total. The van der Waals surface area contributed by atoms with E-state index in [1.54, 1.807) is 29.3 Å². The molecule has 2 aliphatic heterocycles. The standard InChI is InChI=1S/C28H24ClF2N7O2/c1-14-12-38(13-15(2)35-14)26(39)22-11-34-28(40-22)37-27-33-10-16-9-32-25(23-20(30)4-3-5-21(23)31)19-8-17(29)6-7-18(19)24(16)36-27/h3-8,10-11,14-15,35H,9,12-13H2,1-2H3,(H,33,34,36,37). The Kier molecular flexibility index (Phi) is 6.77. The summed E-state index contributed by atoms with van der Waals surface area (Å²) in [6.45, 7) is 5.25. The van der Waals surface area contributed by atoms with Gasteiger partial charge >= 0.3 is 6.01 Å². The van der Waals surface area contributed by atoms with Crippen molar-refractivity contribution in [2.75, 3.05) is 18.4 Å². The minimum absolute atomic E-state index is 0.0508. The number of halogens is 3. The molecule has 0 saturated carbocycles. The number of fused-ring (bicyclic) bond motifs is 3. The first-order chi connectivity index (χ1) is 19.3. The van der Waals surface area contributed by atoms with Gasteiger partial charge in [-0.3, -0.25) is 15.1 Å². The van der Waals surface area contributed by atoms with Gasteiger partial charge in [0.2, 0.25) is 11.7 Å². The topological polar surface area (TPSA) is 109 Å². The zero-order valence-electron chi connectivity index (χ0n) is 21.6. The minimum atomic E-state index is -0.733. The van der Waals surface area contributed by atoms with Crippen LogP contribution in [0.15, 0.2) is 58.2 Å². The van der Waals surface area contributed by atoms with Gasteiger partial charge < -0.3 is 14.6 Å². The largest absolute Gasteiger partial charge is 0.418 e. The number of amides is 1. The summed E-state index contributed by atoms with van der Waals surface area (Å²) in [5, 5.41) is 6.67. The molecule has 2 aliphatic rings. The number of benzene rings is 2. The van der Waals surface area contributed by atoms with Crippen molar-refractivity contribution in [3.8, 4) is 11.3 Å². The van der Waals surface area contributed by atoms with Crippen LogP contribution in [0.2, 0.25) is 5.02 Å². The molecule has 40 heavy (non-hydrogen) atoms. The van der Waals surface area contributed by atoms with Crippen LogP contribution < -0.4 is 10.6 Å². The summed E-state index contributed by atoms with van der Waals surface area (Å²) in [6.07, 6.45) is 2.94. The fourth-order valence-electron chi connectivity index (χ4n) is 5.10. The maximum absolute atomic E-state index is 14.8. The number of aromatic nitrogens is 3. The van der Waals surface area contributed by atoms with E-state index < -0.39 is 11.6 Å². The van der Waals surface area contributed by atoms with Crippen LogP contribution in [0.25, 0.3) is 11.3 Å². The van der Waals surface area contributed by atoms with E-state index in [0.717, 1.165) is 0 Å². The van der Waals surface area contributed by atoms with Crippen molar-refractivity contribution in [1.29, 1.82) is 0 Å². The summed E-state index contributed by atoms with van der Waals surface area (Å²) < 4.78 is 35.2. The van der Waals surface area contributed by atoms with E-state index in [1.807, 2.05) is 13.8 Å². The lowest BCUT2D eigenvalue weighted by molar-refractivity contribution is 0.0643. The predicted octanol–water partition coefficient (Wildman–Crippen LogP) is 4.98. The Balaban J connectivity index is 1.31. The molecular weight excluding hydrogens is 540 g/mol. The molecule has 4 aromatic rings. The molecule has 204 valence electrons. The second-order valence-corrected chi connectivity index (χ2v) is 10.3. The Morgan fingerprint density at radius 1 is 1.07 bits per heavy atom. The van der Waals surface area contributed by atoms with Crippen molar-refractivity contribution in [2.24, 2.45) is 4.99 Å². The van der Waals surface area contributed by atoms with Crippen molar-refractivity contribution in [3.05, 3.63) is 87.9 Å².